The van der Waals surface area contributed by atoms with Crippen LogP contribution in [0.1, 0.15) is 33.0 Å². The topological polar surface area (TPSA) is 71.3 Å². The van der Waals surface area contributed by atoms with Gasteiger partial charge in [-0.15, -0.1) is 0 Å². The Bertz CT molecular complexity index is 477. The molecule has 0 saturated carbocycles. The van der Waals surface area contributed by atoms with Gasteiger partial charge in [-0.25, -0.2) is 13.1 Å². The summed E-state index contributed by atoms with van der Waals surface area (Å²) in [7, 11) is -2.12. The van der Waals surface area contributed by atoms with Crippen LogP contribution in [0.4, 0.5) is 0 Å². The molecular weight excluding hydrogens is 252 g/mol. The van der Waals surface area contributed by atoms with Gasteiger partial charge in [0.1, 0.15) is 5.76 Å². The third-order valence-electron chi connectivity index (χ3n) is 3.03. The predicted octanol–water partition coefficient (Wildman–Crippen LogP) is 1.71. The van der Waals surface area contributed by atoms with Gasteiger partial charge < -0.3 is 9.73 Å². The molecule has 104 valence electrons. The van der Waals surface area contributed by atoms with E-state index in [0.717, 1.165) is 13.0 Å². The zero-order valence-electron chi connectivity index (χ0n) is 11.4. The van der Waals surface area contributed by atoms with Crippen molar-refractivity contribution >= 4 is 10.0 Å². The molecule has 6 heteroatoms. The zero-order valence-corrected chi connectivity index (χ0v) is 12.2. The molecule has 0 aliphatic carbocycles. The summed E-state index contributed by atoms with van der Waals surface area (Å²) in [5.74, 6) is 0.621. The van der Waals surface area contributed by atoms with Crippen LogP contribution >= 0.6 is 0 Å². The molecule has 1 aromatic rings. The molecule has 5 nitrogen and oxygen atoms in total. The third-order valence-corrected chi connectivity index (χ3v) is 4.32. The minimum Gasteiger partial charge on any atom is -0.447 e. The molecule has 0 bridgehead atoms. The summed E-state index contributed by atoms with van der Waals surface area (Å²) < 4.78 is 30.4. The molecule has 1 rings (SSSR count). The predicted molar refractivity (Wildman–Crippen MR) is 70.7 cm³/mol. The fourth-order valence-corrected chi connectivity index (χ4v) is 2.01. The first-order valence-corrected chi connectivity index (χ1v) is 7.52. The quantitative estimate of drug-likeness (QED) is 0.794. The Labute approximate surface area is 109 Å². The smallest absolute Gasteiger partial charge is 0.273 e. The van der Waals surface area contributed by atoms with E-state index >= 15 is 0 Å². The molecule has 0 aromatic carbocycles. The lowest BCUT2D eigenvalue weighted by molar-refractivity contribution is 0.316. The van der Waals surface area contributed by atoms with Crippen LogP contribution in [0.2, 0.25) is 0 Å². The van der Waals surface area contributed by atoms with Crippen molar-refractivity contribution in [2.75, 3.05) is 13.6 Å². The normalized spacial score (nSPS) is 12.9. The Morgan fingerprint density at radius 3 is 2.56 bits per heavy atom. The summed E-state index contributed by atoms with van der Waals surface area (Å²) in [5, 5.41) is 3.22. The van der Waals surface area contributed by atoms with Crippen LogP contribution in [0.25, 0.3) is 0 Å². The Morgan fingerprint density at radius 1 is 1.33 bits per heavy atom. The van der Waals surface area contributed by atoms with Crippen molar-refractivity contribution in [1.82, 2.24) is 10.0 Å². The first kappa shape index (κ1) is 15.2. The maximum atomic E-state index is 11.5. The molecular formula is C12H22N2O3S. The molecule has 0 unspecified atom stereocenters. The molecule has 18 heavy (non-hydrogen) atoms. The van der Waals surface area contributed by atoms with Gasteiger partial charge in [-0.05, 0) is 31.0 Å². The van der Waals surface area contributed by atoms with Crippen LogP contribution < -0.4 is 10.0 Å². The van der Waals surface area contributed by atoms with Gasteiger partial charge >= 0.3 is 0 Å². The van der Waals surface area contributed by atoms with Crippen molar-refractivity contribution in [1.29, 1.82) is 0 Å². The Kier molecular flexibility index (Phi) is 4.95. The summed E-state index contributed by atoms with van der Waals surface area (Å²) in [6, 6.07) is 3.14. The highest BCUT2D eigenvalue weighted by atomic mass is 32.2. The van der Waals surface area contributed by atoms with E-state index in [2.05, 4.69) is 30.8 Å². The highest BCUT2D eigenvalue weighted by Gasteiger charge is 2.17. The van der Waals surface area contributed by atoms with Gasteiger partial charge in [-0.3, -0.25) is 0 Å². The summed E-state index contributed by atoms with van der Waals surface area (Å²) in [6.45, 7) is 7.89. The average molecular weight is 274 g/mol. The van der Waals surface area contributed by atoms with Gasteiger partial charge in [-0.2, -0.15) is 0 Å². The summed E-state index contributed by atoms with van der Waals surface area (Å²) >= 11 is 0. The van der Waals surface area contributed by atoms with E-state index in [1.807, 2.05) is 0 Å². The molecule has 1 aromatic heterocycles. The number of hydrogen-bond acceptors (Lipinski definition) is 4. The molecule has 2 N–H and O–H groups in total. The number of sulfonamides is 1. The summed E-state index contributed by atoms with van der Waals surface area (Å²) in [4.78, 5) is 0. The van der Waals surface area contributed by atoms with Crippen LogP contribution in [-0.2, 0) is 16.6 Å². The molecule has 0 amide bonds. The first-order chi connectivity index (χ1) is 8.30. The summed E-state index contributed by atoms with van der Waals surface area (Å²) in [6.07, 6.45) is 1.08. The first-order valence-electron chi connectivity index (χ1n) is 6.04. The van der Waals surface area contributed by atoms with Crippen LogP contribution in [0.15, 0.2) is 21.6 Å². The number of nitrogens with one attached hydrogen (secondary N) is 2. The average Bonchev–Trinajstić information content (AvgIpc) is 2.78. The molecule has 0 aliphatic heterocycles. The number of furan rings is 1. The van der Waals surface area contributed by atoms with Crippen molar-refractivity contribution in [3.63, 3.8) is 0 Å². The van der Waals surface area contributed by atoms with Gasteiger partial charge in [-0.1, -0.05) is 20.8 Å². The van der Waals surface area contributed by atoms with Crippen LogP contribution in [0.5, 0.6) is 0 Å². The Hall–Kier alpha value is -0.850. The SMILES string of the molecule is CCC(C)(C)CNCc1ccc(S(=O)(=O)NC)o1. The highest BCUT2D eigenvalue weighted by molar-refractivity contribution is 7.89. The maximum absolute atomic E-state index is 11.5. The van der Waals surface area contributed by atoms with Crippen LogP contribution in [-0.4, -0.2) is 22.0 Å². The third kappa shape index (κ3) is 4.12. The van der Waals surface area contributed by atoms with E-state index in [1.54, 1.807) is 6.07 Å². The van der Waals surface area contributed by atoms with Crippen molar-refractivity contribution in [2.45, 2.75) is 38.8 Å². The fourth-order valence-electron chi connectivity index (χ4n) is 1.35. The van der Waals surface area contributed by atoms with Crippen molar-refractivity contribution in [2.24, 2.45) is 5.41 Å². The van der Waals surface area contributed by atoms with Crippen molar-refractivity contribution in [3.05, 3.63) is 17.9 Å². The lowest BCUT2D eigenvalue weighted by Crippen LogP contribution is -2.28. The molecule has 1 heterocycles. The summed E-state index contributed by atoms with van der Waals surface area (Å²) in [5.41, 5.74) is 0.229. The Balaban J connectivity index is 2.56. The Morgan fingerprint density at radius 2 is 2.00 bits per heavy atom. The van der Waals surface area contributed by atoms with E-state index in [4.69, 9.17) is 4.42 Å². The standard InChI is InChI=1S/C12H22N2O3S/c1-5-12(2,3)9-14-8-10-6-7-11(17-10)18(15,16)13-4/h6-7,13-14H,5,8-9H2,1-4H3. The van der Waals surface area contributed by atoms with E-state index in [-0.39, 0.29) is 10.5 Å². The largest absolute Gasteiger partial charge is 0.447 e. The lowest BCUT2D eigenvalue weighted by Gasteiger charge is -2.22. The molecule has 0 radical (unpaired) electrons. The second kappa shape index (κ2) is 5.86. The van der Waals surface area contributed by atoms with E-state index in [1.165, 1.54) is 13.1 Å². The van der Waals surface area contributed by atoms with Crippen LogP contribution in [0, 0.1) is 5.41 Å². The monoisotopic (exact) mass is 274 g/mol. The van der Waals surface area contributed by atoms with Gasteiger partial charge in [0.2, 0.25) is 5.09 Å². The van der Waals surface area contributed by atoms with Crippen molar-refractivity contribution < 1.29 is 12.8 Å². The van der Waals surface area contributed by atoms with Crippen molar-refractivity contribution in [3.8, 4) is 0 Å². The van der Waals surface area contributed by atoms with Gasteiger partial charge in [0.15, 0.2) is 0 Å². The highest BCUT2D eigenvalue weighted by Crippen LogP contribution is 2.18. The molecule has 0 spiro atoms. The fraction of sp³-hybridized carbons (Fsp3) is 0.667. The number of hydrogen-bond donors (Lipinski definition) is 2. The maximum Gasteiger partial charge on any atom is 0.273 e. The second-order valence-corrected chi connectivity index (χ2v) is 6.87. The van der Waals surface area contributed by atoms with E-state index in [0.29, 0.717) is 12.3 Å². The van der Waals surface area contributed by atoms with E-state index < -0.39 is 10.0 Å². The molecule has 0 fully saturated rings. The minimum atomic E-state index is -3.48. The minimum absolute atomic E-state index is 0.0449. The second-order valence-electron chi connectivity index (χ2n) is 5.05. The molecule has 0 aliphatic rings. The van der Waals surface area contributed by atoms with Crippen LogP contribution in [0.3, 0.4) is 0 Å². The lowest BCUT2D eigenvalue weighted by atomic mass is 9.90. The number of rotatable bonds is 7. The molecule has 0 saturated heterocycles. The van der Waals surface area contributed by atoms with E-state index in [9.17, 15) is 8.42 Å². The molecule has 0 atom stereocenters. The van der Waals surface area contributed by atoms with Gasteiger partial charge in [0.25, 0.3) is 10.0 Å². The van der Waals surface area contributed by atoms with Gasteiger partial charge in [0.05, 0.1) is 6.54 Å². The zero-order chi connectivity index (χ0) is 13.8. The van der Waals surface area contributed by atoms with Gasteiger partial charge in [0, 0.05) is 6.54 Å².